The molecule has 2 aromatic rings. The average molecular weight is 298 g/mol. The molecule has 114 valence electrons. The second-order valence-corrected chi connectivity index (χ2v) is 4.67. The summed E-state index contributed by atoms with van der Waals surface area (Å²) in [7, 11) is 0. The van der Waals surface area contributed by atoms with Crippen molar-refractivity contribution in [1.29, 1.82) is 0 Å². The van der Waals surface area contributed by atoms with Crippen LogP contribution in [0.3, 0.4) is 0 Å². The fraction of sp³-hybridized carbons (Fsp3) is 0.429. The second kappa shape index (κ2) is 6.71. The van der Waals surface area contributed by atoms with E-state index in [0.29, 0.717) is 13.2 Å². The minimum absolute atomic E-state index is 0.0321. The van der Waals surface area contributed by atoms with E-state index in [-0.39, 0.29) is 6.54 Å². The van der Waals surface area contributed by atoms with Crippen molar-refractivity contribution < 1.29 is 13.2 Å². The fourth-order valence-corrected chi connectivity index (χ4v) is 2.02. The molecule has 0 N–H and O–H groups in total. The van der Waals surface area contributed by atoms with Crippen LogP contribution in [0.1, 0.15) is 13.3 Å². The summed E-state index contributed by atoms with van der Waals surface area (Å²) < 4.78 is 38.7. The molecule has 0 atom stereocenters. The highest BCUT2D eigenvalue weighted by molar-refractivity contribution is 5.58. The van der Waals surface area contributed by atoms with Crippen molar-refractivity contribution in [2.24, 2.45) is 0 Å². The minimum Gasteiger partial charge on any atom is -0.284 e. The largest absolute Gasteiger partial charge is 0.390 e. The predicted octanol–water partition coefficient (Wildman–Crippen LogP) is 3.18. The lowest BCUT2D eigenvalue weighted by atomic mass is 10.2. The van der Waals surface area contributed by atoms with Gasteiger partial charge in [-0.05, 0) is 24.7 Å². The molecule has 0 unspecified atom stereocenters. The lowest BCUT2D eigenvalue weighted by Gasteiger charge is -2.22. The van der Waals surface area contributed by atoms with E-state index < -0.39 is 12.6 Å². The van der Waals surface area contributed by atoms with E-state index in [1.54, 1.807) is 28.2 Å². The molecule has 0 aliphatic carbocycles. The fourth-order valence-electron chi connectivity index (χ4n) is 2.02. The van der Waals surface area contributed by atoms with Gasteiger partial charge in [-0.2, -0.15) is 18.3 Å². The van der Waals surface area contributed by atoms with Gasteiger partial charge in [-0.1, -0.05) is 6.92 Å². The van der Waals surface area contributed by atoms with Gasteiger partial charge in [0, 0.05) is 30.7 Å². The number of nitrogens with zero attached hydrogens (tertiary/aromatic N) is 4. The van der Waals surface area contributed by atoms with E-state index in [9.17, 15) is 13.2 Å². The predicted molar refractivity (Wildman–Crippen MR) is 73.4 cm³/mol. The minimum atomic E-state index is -4.13. The van der Waals surface area contributed by atoms with Crippen LogP contribution in [0.5, 0.6) is 0 Å². The summed E-state index contributed by atoms with van der Waals surface area (Å²) in [6, 6.07) is 5.53. The van der Waals surface area contributed by atoms with Crippen LogP contribution in [-0.2, 0) is 6.67 Å². The molecule has 7 heteroatoms. The van der Waals surface area contributed by atoms with Crippen molar-refractivity contribution in [1.82, 2.24) is 19.7 Å². The Bertz CT molecular complexity index is 551. The molecule has 0 amide bonds. The first kappa shape index (κ1) is 15.5. The summed E-state index contributed by atoms with van der Waals surface area (Å²) in [6.07, 6.45) is 0.0490. The highest BCUT2D eigenvalue weighted by Gasteiger charge is 2.27. The normalized spacial score (nSPS) is 12.0. The maximum absolute atomic E-state index is 12.3. The lowest BCUT2D eigenvalue weighted by Crippen LogP contribution is -2.30. The van der Waals surface area contributed by atoms with Crippen molar-refractivity contribution in [3.05, 3.63) is 36.8 Å². The van der Waals surface area contributed by atoms with Gasteiger partial charge in [0.15, 0.2) is 0 Å². The molecule has 0 aromatic carbocycles. The van der Waals surface area contributed by atoms with Crippen molar-refractivity contribution in [2.45, 2.75) is 26.2 Å². The monoisotopic (exact) mass is 298 g/mol. The molecule has 21 heavy (non-hydrogen) atoms. The van der Waals surface area contributed by atoms with Crippen LogP contribution >= 0.6 is 0 Å². The molecule has 0 saturated carbocycles. The third-order valence-corrected chi connectivity index (χ3v) is 3.19. The molecule has 4 nitrogen and oxygen atoms in total. The van der Waals surface area contributed by atoms with E-state index in [0.717, 1.165) is 11.3 Å². The number of hydrogen-bond acceptors (Lipinski definition) is 3. The number of rotatable bonds is 6. The van der Waals surface area contributed by atoms with Crippen LogP contribution < -0.4 is 0 Å². The zero-order chi connectivity index (χ0) is 15.3. The molecule has 2 heterocycles. The Labute approximate surface area is 121 Å². The van der Waals surface area contributed by atoms with Gasteiger partial charge in [0.05, 0.1) is 18.8 Å². The van der Waals surface area contributed by atoms with E-state index in [2.05, 4.69) is 10.1 Å². The quantitative estimate of drug-likeness (QED) is 0.821. The van der Waals surface area contributed by atoms with Crippen molar-refractivity contribution in [3.63, 3.8) is 0 Å². The van der Waals surface area contributed by atoms with E-state index in [1.165, 1.54) is 0 Å². The summed E-state index contributed by atoms with van der Waals surface area (Å²) in [5, 5.41) is 4.20. The Hall–Kier alpha value is -1.89. The standard InChI is InChI=1S/C14H17F3N4/c1-2-20(10-6-14(15,16)17)11-21-13(5-9-19-21)12-3-7-18-8-4-12/h3-5,7-9H,2,6,10-11H2,1H3. The van der Waals surface area contributed by atoms with Crippen molar-refractivity contribution in [3.8, 4) is 11.3 Å². The number of alkyl halides is 3. The van der Waals surface area contributed by atoms with E-state index in [4.69, 9.17) is 0 Å². The number of aromatic nitrogens is 3. The van der Waals surface area contributed by atoms with Crippen LogP contribution in [0.4, 0.5) is 13.2 Å². The van der Waals surface area contributed by atoms with Crippen molar-refractivity contribution in [2.75, 3.05) is 13.1 Å². The summed E-state index contributed by atoms with van der Waals surface area (Å²) in [5.74, 6) is 0. The molecule has 0 bridgehead atoms. The topological polar surface area (TPSA) is 34.0 Å². The smallest absolute Gasteiger partial charge is 0.284 e. The number of pyridine rings is 1. The van der Waals surface area contributed by atoms with Gasteiger partial charge in [-0.3, -0.25) is 14.6 Å². The van der Waals surface area contributed by atoms with Crippen molar-refractivity contribution >= 4 is 0 Å². The van der Waals surface area contributed by atoms with Crippen LogP contribution in [0.25, 0.3) is 11.3 Å². The number of hydrogen-bond donors (Lipinski definition) is 0. The first-order chi connectivity index (χ1) is 9.99. The molecule has 0 spiro atoms. The molecule has 2 rings (SSSR count). The molecule has 0 fully saturated rings. The van der Waals surface area contributed by atoms with Crippen LogP contribution in [0.15, 0.2) is 36.8 Å². The third kappa shape index (κ3) is 4.56. The summed E-state index contributed by atoms with van der Waals surface area (Å²) >= 11 is 0. The summed E-state index contributed by atoms with van der Waals surface area (Å²) in [5.41, 5.74) is 1.80. The van der Waals surface area contributed by atoms with Gasteiger partial charge in [0.1, 0.15) is 0 Å². The summed E-state index contributed by atoms with van der Waals surface area (Å²) in [6.45, 7) is 2.67. The zero-order valence-corrected chi connectivity index (χ0v) is 11.7. The first-order valence-electron chi connectivity index (χ1n) is 6.71. The number of halogens is 3. The van der Waals surface area contributed by atoms with Gasteiger partial charge in [0.2, 0.25) is 0 Å². The van der Waals surface area contributed by atoms with E-state index in [1.807, 2.05) is 25.1 Å². The molecule has 0 aliphatic rings. The molecule has 0 radical (unpaired) electrons. The second-order valence-electron chi connectivity index (χ2n) is 4.67. The van der Waals surface area contributed by atoms with Crippen LogP contribution in [0, 0.1) is 0 Å². The Balaban J connectivity index is 2.07. The summed E-state index contributed by atoms with van der Waals surface area (Å²) in [4.78, 5) is 5.67. The maximum atomic E-state index is 12.3. The molecule has 0 saturated heterocycles. The Kier molecular flexibility index (Phi) is 4.95. The zero-order valence-electron chi connectivity index (χ0n) is 11.7. The Morgan fingerprint density at radius 3 is 2.48 bits per heavy atom. The SMILES string of the molecule is CCN(CCC(F)(F)F)Cn1nccc1-c1ccncc1. The van der Waals surface area contributed by atoms with Gasteiger partial charge in [-0.25, -0.2) is 0 Å². The van der Waals surface area contributed by atoms with Gasteiger partial charge < -0.3 is 0 Å². The maximum Gasteiger partial charge on any atom is 0.390 e. The van der Waals surface area contributed by atoms with Gasteiger partial charge in [0.25, 0.3) is 0 Å². The molecule has 0 aliphatic heterocycles. The molecular formula is C14H17F3N4. The lowest BCUT2D eigenvalue weighted by molar-refractivity contribution is -0.138. The van der Waals surface area contributed by atoms with Gasteiger partial charge in [-0.15, -0.1) is 0 Å². The molecular weight excluding hydrogens is 281 g/mol. The molecule has 2 aromatic heterocycles. The Morgan fingerprint density at radius 1 is 1.14 bits per heavy atom. The first-order valence-corrected chi connectivity index (χ1v) is 6.71. The third-order valence-electron chi connectivity index (χ3n) is 3.19. The average Bonchev–Trinajstić information content (AvgIpc) is 2.91. The van der Waals surface area contributed by atoms with Crippen LogP contribution in [0.2, 0.25) is 0 Å². The van der Waals surface area contributed by atoms with Gasteiger partial charge >= 0.3 is 6.18 Å². The highest BCUT2D eigenvalue weighted by Crippen LogP contribution is 2.21. The van der Waals surface area contributed by atoms with Crippen LogP contribution in [-0.4, -0.2) is 38.9 Å². The highest BCUT2D eigenvalue weighted by atomic mass is 19.4. The van der Waals surface area contributed by atoms with E-state index >= 15 is 0 Å². The Morgan fingerprint density at radius 2 is 1.86 bits per heavy atom.